The molecule has 0 heterocycles. The molecule has 3 rings (SSSR count). The monoisotopic (exact) mass is 452 g/mol. The molecule has 0 saturated heterocycles. The second-order valence-electron chi connectivity index (χ2n) is 6.44. The van der Waals surface area contributed by atoms with Crippen LogP contribution in [0.5, 0.6) is 0 Å². The van der Waals surface area contributed by atoms with Gasteiger partial charge in [-0.2, -0.15) is 0 Å². The van der Waals surface area contributed by atoms with Gasteiger partial charge in [-0.1, -0.05) is 106 Å². The zero-order chi connectivity index (χ0) is 16.9. The van der Waals surface area contributed by atoms with Gasteiger partial charge in [-0.25, -0.2) is 0 Å². The van der Waals surface area contributed by atoms with Crippen molar-refractivity contribution in [2.45, 2.75) is 24.0 Å². The Kier molecular flexibility index (Phi) is 4.28. The van der Waals surface area contributed by atoms with E-state index in [0.717, 1.165) is 15.9 Å². The molecule has 0 radical (unpaired) electrons. The first-order chi connectivity index (χ1) is 10.7. The Labute approximate surface area is 154 Å². The molecule has 1 aliphatic carbocycles. The van der Waals surface area contributed by atoms with E-state index in [4.69, 9.17) is 0 Å². The maximum absolute atomic E-state index is 14.3. The summed E-state index contributed by atoms with van der Waals surface area (Å²) in [6, 6.07) is 19.6. The van der Waals surface area contributed by atoms with E-state index in [1.807, 2.05) is 67.6 Å². The van der Waals surface area contributed by atoms with Gasteiger partial charge in [0.1, 0.15) is 3.23 Å². The van der Waals surface area contributed by atoms with Gasteiger partial charge in [0.2, 0.25) is 0 Å². The van der Waals surface area contributed by atoms with E-state index in [1.165, 1.54) is 5.57 Å². The molecule has 4 heteroatoms. The van der Waals surface area contributed by atoms with Crippen molar-refractivity contribution in [2.24, 2.45) is 5.41 Å². The van der Waals surface area contributed by atoms with Crippen LogP contribution in [0.3, 0.4) is 0 Å². The molecule has 2 aromatic carbocycles. The molecule has 2 aromatic rings. The Morgan fingerprint density at radius 2 is 1.22 bits per heavy atom. The minimum atomic E-state index is -2.85. The molecule has 1 saturated carbocycles. The van der Waals surface area contributed by atoms with Crippen LogP contribution in [0, 0.1) is 5.41 Å². The lowest BCUT2D eigenvalue weighted by Gasteiger charge is -2.21. The van der Waals surface area contributed by atoms with Gasteiger partial charge in [-0.05, 0) is 17.8 Å². The minimum Gasteiger partial charge on any atom is -0.309 e. The highest BCUT2D eigenvalue weighted by Crippen LogP contribution is 2.75. The summed E-state index contributed by atoms with van der Waals surface area (Å²) in [6.07, 6.45) is 0. The second-order valence-corrected chi connectivity index (χ2v) is 12.8. The third-order valence-electron chi connectivity index (χ3n) is 4.74. The van der Waals surface area contributed by atoms with Crippen molar-refractivity contribution in [1.82, 2.24) is 0 Å². The predicted octanol–water partition coefficient (Wildman–Crippen LogP) is 5.80. The molecular weight excluding hydrogens is 435 g/mol. The molecule has 0 amide bonds. The Morgan fingerprint density at radius 3 is 1.52 bits per heavy atom. The fraction of sp³-hybridized carbons (Fsp3) is 0.263. The highest BCUT2D eigenvalue weighted by molar-refractivity contribution is 9.25. The summed E-state index contributed by atoms with van der Waals surface area (Å²) >= 11 is 7.50. The van der Waals surface area contributed by atoms with Gasteiger partial charge in [-0.15, -0.1) is 0 Å². The Morgan fingerprint density at radius 1 is 0.870 bits per heavy atom. The topological polar surface area (TPSA) is 17.1 Å². The van der Waals surface area contributed by atoms with Gasteiger partial charge in [0, 0.05) is 16.0 Å². The molecule has 0 atom stereocenters. The number of benzene rings is 2. The fourth-order valence-electron chi connectivity index (χ4n) is 3.21. The summed E-state index contributed by atoms with van der Waals surface area (Å²) in [5.41, 5.74) is 1.12. The van der Waals surface area contributed by atoms with Crippen molar-refractivity contribution < 1.29 is 4.57 Å². The van der Waals surface area contributed by atoms with Crippen molar-refractivity contribution in [1.29, 1.82) is 0 Å². The second kappa shape index (κ2) is 5.72. The molecule has 1 fully saturated rings. The van der Waals surface area contributed by atoms with Crippen LogP contribution >= 0.6 is 39.0 Å². The lowest BCUT2D eigenvalue weighted by atomic mass is 10.2. The van der Waals surface area contributed by atoms with Crippen molar-refractivity contribution in [2.75, 3.05) is 0 Å². The number of hydrogen-bond acceptors (Lipinski definition) is 1. The van der Waals surface area contributed by atoms with Crippen LogP contribution in [-0.4, -0.2) is 3.23 Å². The smallest absolute Gasteiger partial charge is 0.166 e. The van der Waals surface area contributed by atoms with Gasteiger partial charge < -0.3 is 4.57 Å². The van der Waals surface area contributed by atoms with E-state index in [2.05, 4.69) is 45.7 Å². The van der Waals surface area contributed by atoms with E-state index < -0.39 is 7.14 Å². The number of allylic oxidation sites excluding steroid dienone is 2. The minimum absolute atomic E-state index is 0.0592. The highest BCUT2D eigenvalue weighted by atomic mass is 79.9. The molecular formula is C19H19Br2OP. The number of alkyl halides is 2. The molecule has 0 spiro atoms. The maximum Gasteiger partial charge on any atom is 0.166 e. The van der Waals surface area contributed by atoms with Gasteiger partial charge in [0.15, 0.2) is 7.14 Å². The lowest BCUT2D eigenvalue weighted by molar-refractivity contribution is 0.590. The van der Waals surface area contributed by atoms with Crippen LogP contribution in [0.1, 0.15) is 20.8 Å². The van der Waals surface area contributed by atoms with Crippen LogP contribution in [-0.2, 0) is 4.57 Å². The number of hydrogen-bond donors (Lipinski definition) is 0. The summed E-state index contributed by atoms with van der Waals surface area (Å²) in [4.78, 5) is 0. The fourth-order valence-corrected chi connectivity index (χ4v) is 8.32. The summed E-state index contributed by atoms with van der Waals surface area (Å²) in [7, 11) is -2.85. The average molecular weight is 454 g/mol. The van der Waals surface area contributed by atoms with E-state index in [0.29, 0.717) is 0 Å². The van der Waals surface area contributed by atoms with Gasteiger partial charge in [-0.3, -0.25) is 0 Å². The van der Waals surface area contributed by atoms with Crippen molar-refractivity contribution in [3.05, 3.63) is 71.6 Å². The molecule has 1 nitrogen and oxygen atoms in total. The van der Waals surface area contributed by atoms with Crippen LogP contribution in [0.15, 0.2) is 71.6 Å². The van der Waals surface area contributed by atoms with Gasteiger partial charge >= 0.3 is 0 Å². The number of halogens is 2. The Balaban J connectivity index is 2.28. The van der Waals surface area contributed by atoms with Gasteiger partial charge in [0.05, 0.1) is 0 Å². The molecule has 0 N–H and O–H groups in total. The first kappa shape index (κ1) is 17.2. The molecule has 23 heavy (non-hydrogen) atoms. The van der Waals surface area contributed by atoms with E-state index in [-0.39, 0.29) is 8.65 Å². The van der Waals surface area contributed by atoms with E-state index in [9.17, 15) is 4.57 Å². The van der Waals surface area contributed by atoms with Crippen LogP contribution in [0.4, 0.5) is 0 Å². The largest absolute Gasteiger partial charge is 0.309 e. The summed E-state index contributed by atoms with van der Waals surface area (Å²) < 4.78 is 14.0. The molecule has 0 bridgehead atoms. The molecule has 0 unspecified atom stereocenters. The SMILES string of the molecule is C/C(=C1/C(C)(C)C1(Br)Br)P(=O)(c1ccccc1)c1ccccc1. The van der Waals surface area contributed by atoms with Crippen molar-refractivity contribution in [3.63, 3.8) is 0 Å². The summed E-state index contributed by atoms with van der Waals surface area (Å²) in [5.74, 6) is 0. The van der Waals surface area contributed by atoms with Gasteiger partial charge in [0.25, 0.3) is 0 Å². The van der Waals surface area contributed by atoms with Crippen LogP contribution < -0.4 is 10.6 Å². The molecule has 1 aliphatic rings. The van der Waals surface area contributed by atoms with Crippen LogP contribution in [0.25, 0.3) is 0 Å². The summed E-state index contributed by atoms with van der Waals surface area (Å²) in [6.45, 7) is 6.34. The van der Waals surface area contributed by atoms with Crippen molar-refractivity contribution >= 4 is 49.6 Å². The maximum atomic E-state index is 14.3. The molecule has 0 aliphatic heterocycles. The van der Waals surface area contributed by atoms with E-state index >= 15 is 0 Å². The third-order valence-corrected chi connectivity index (χ3v) is 10.7. The van der Waals surface area contributed by atoms with E-state index in [1.54, 1.807) is 0 Å². The quantitative estimate of drug-likeness (QED) is 0.424. The third kappa shape index (κ3) is 2.52. The number of rotatable bonds is 3. The zero-order valence-corrected chi connectivity index (χ0v) is 17.5. The first-order valence-corrected chi connectivity index (χ1v) is 10.8. The molecule has 0 aromatic heterocycles. The average Bonchev–Trinajstić information content (AvgIpc) is 2.96. The predicted molar refractivity (Wildman–Crippen MR) is 107 cm³/mol. The standard InChI is InChI=1S/C19H19Br2OP/c1-14(17-18(2,3)19(17,20)21)23(22,15-10-6-4-7-11-15)16-12-8-5-9-13-16/h4-13H,1-3H3/b17-14+. The highest BCUT2D eigenvalue weighted by Gasteiger charge is 2.66. The van der Waals surface area contributed by atoms with Crippen molar-refractivity contribution in [3.8, 4) is 0 Å². The van der Waals surface area contributed by atoms with Crippen LogP contribution in [0.2, 0.25) is 0 Å². The zero-order valence-electron chi connectivity index (χ0n) is 13.4. The first-order valence-electron chi connectivity index (χ1n) is 7.55. The Bertz CT molecular complexity index is 748. The Hall–Kier alpha value is -0.630. The lowest BCUT2D eigenvalue weighted by Crippen LogP contribution is -2.17. The summed E-state index contributed by atoms with van der Waals surface area (Å²) in [5, 5.41) is 2.73. The molecule has 120 valence electrons. The normalized spacial score (nSPS) is 20.9.